The van der Waals surface area contributed by atoms with Gasteiger partial charge in [-0.3, -0.25) is 4.40 Å². The van der Waals surface area contributed by atoms with E-state index in [0.717, 1.165) is 33.2 Å². The van der Waals surface area contributed by atoms with Crippen LogP contribution in [0.1, 0.15) is 11.1 Å². The van der Waals surface area contributed by atoms with E-state index in [2.05, 4.69) is 16.4 Å². The van der Waals surface area contributed by atoms with Crippen LogP contribution in [0.5, 0.6) is 0 Å². The van der Waals surface area contributed by atoms with Crippen molar-refractivity contribution in [1.29, 1.82) is 5.26 Å². The predicted octanol–water partition coefficient (Wildman–Crippen LogP) is 4.89. The minimum atomic E-state index is 0.570. The van der Waals surface area contributed by atoms with Gasteiger partial charge < -0.3 is 0 Å². The molecule has 0 radical (unpaired) electrons. The Morgan fingerprint density at radius 3 is 2.62 bits per heavy atom. The van der Waals surface area contributed by atoms with Gasteiger partial charge in [0.05, 0.1) is 30.1 Å². The van der Waals surface area contributed by atoms with Crippen LogP contribution < -0.4 is 0 Å². The summed E-state index contributed by atoms with van der Waals surface area (Å²) in [7, 11) is 0. The van der Waals surface area contributed by atoms with E-state index in [1.54, 1.807) is 28.2 Å². The standard InChI is InChI=1S/C21H13ClN6S/c22-17-7-5-16(6-8-17)19-20(28-9-10-29-21(28)24-19)18-13-27(26-25-18)12-15-3-1-14(11-23)2-4-15/h1-10,13H,12H2. The molecule has 0 aliphatic carbocycles. The van der Waals surface area contributed by atoms with Gasteiger partial charge >= 0.3 is 0 Å². The Kier molecular flexibility index (Phi) is 4.35. The van der Waals surface area contributed by atoms with Gasteiger partial charge in [-0.05, 0) is 29.8 Å². The number of fused-ring (bicyclic) bond motifs is 1. The molecular formula is C21H13ClN6S. The number of aromatic nitrogens is 5. The van der Waals surface area contributed by atoms with Crippen LogP contribution in [0.25, 0.3) is 27.6 Å². The number of benzene rings is 2. The zero-order valence-electron chi connectivity index (χ0n) is 15.0. The predicted molar refractivity (Wildman–Crippen MR) is 113 cm³/mol. The molecule has 29 heavy (non-hydrogen) atoms. The van der Waals surface area contributed by atoms with Crippen molar-refractivity contribution in [2.24, 2.45) is 0 Å². The normalized spacial score (nSPS) is 11.0. The molecule has 0 N–H and O–H groups in total. The molecule has 6 nitrogen and oxygen atoms in total. The summed E-state index contributed by atoms with van der Waals surface area (Å²) in [6.45, 7) is 0.570. The summed E-state index contributed by atoms with van der Waals surface area (Å²) >= 11 is 7.62. The molecule has 0 spiro atoms. The lowest BCUT2D eigenvalue weighted by Crippen LogP contribution is -2.00. The van der Waals surface area contributed by atoms with Crippen molar-refractivity contribution in [3.8, 4) is 28.7 Å². The van der Waals surface area contributed by atoms with Crippen LogP contribution in [0.3, 0.4) is 0 Å². The molecule has 0 saturated heterocycles. The molecule has 2 aromatic carbocycles. The van der Waals surface area contributed by atoms with Crippen LogP contribution >= 0.6 is 22.9 Å². The Bertz CT molecular complexity index is 1340. The van der Waals surface area contributed by atoms with Crippen molar-refractivity contribution < 1.29 is 0 Å². The summed E-state index contributed by atoms with van der Waals surface area (Å²) < 4.78 is 3.82. The second kappa shape index (κ2) is 7.17. The first-order chi connectivity index (χ1) is 14.2. The van der Waals surface area contributed by atoms with Gasteiger partial charge in [-0.15, -0.1) is 16.4 Å². The van der Waals surface area contributed by atoms with Crippen molar-refractivity contribution in [2.75, 3.05) is 0 Å². The zero-order valence-corrected chi connectivity index (χ0v) is 16.6. The fourth-order valence-electron chi connectivity index (χ4n) is 3.20. The maximum absolute atomic E-state index is 8.94. The smallest absolute Gasteiger partial charge is 0.194 e. The van der Waals surface area contributed by atoms with E-state index in [9.17, 15) is 0 Å². The third kappa shape index (κ3) is 3.29. The molecule has 5 rings (SSSR count). The van der Waals surface area contributed by atoms with E-state index < -0.39 is 0 Å². The summed E-state index contributed by atoms with van der Waals surface area (Å²) in [4.78, 5) is 5.69. The summed E-state index contributed by atoms with van der Waals surface area (Å²) in [5.41, 5.74) is 5.15. The number of thiazole rings is 1. The van der Waals surface area contributed by atoms with E-state index in [0.29, 0.717) is 17.1 Å². The highest BCUT2D eigenvalue weighted by atomic mass is 35.5. The van der Waals surface area contributed by atoms with Crippen molar-refractivity contribution in [3.63, 3.8) is 0 Å². The molecule has 0 bridgehead atoms. The average Bonchev–Trinajstić information content (AvgIpc) is 3.45. The highest BCUT2D eigenvalue weighted by molar-refractivity contribution is 7.15. The quantitative estimate of drug-likeness (QED) is 0.418. The molecule has 0 fully saturated rings. The zero-order chi connectivity index (χ0) is 19.8. The topological polar surface area (TPSA) is 71.8 Å². The number of nitrogens with zero attached hydrogens (tertiary/aromatic N) is 6. The minimum absolute atomic E-state index is 0.570. The molecule has 140 valence electrons. The first kappa shape index (κ1) is 17.6. The van der Waals surface area contributed by atoms with Crippen molar-refractivity contribution in [3.05, 3.63) is 82.5 Å². The van der Waals surface area contributed by atoms with Crippen LogP contribution in [0.4, 0.5) is 0 Å². The van der Waals surface area contributed by atoms with E-state index in [4.69, 9.17) is 21.8 Å². The molecule has 3 aromatic heterocycles. The molecule has 8 heteroatoms. The van der Waals surface area contributed by atoms with Crippen molar-refractivity contribution in [2.45, 2.75) is 6.54 Å². The van der Waals surface area contributed by atoms with Gasteiger partial charge in [0.1, 0.15) is 11.4 Å². The highest BCUT2D eigenvalue weighted by Gasteiger charge is 2.19. The number of halogens is 1. The van der Waals surface area contributed by atoms with E-state index >= 15 is 0 Å². The largest absolute Gasteiger partial charge is 0.288 e. The second-order valence-electron chi connectivity index (χ2n) is 6.48. The maximum Gasteiger partial charge on any atom is 0.194 e. The number of imidazole rings is 1. The van der Waals surface area contributed by atoms with Gasteiger partial charge in [-0.2, -0.15) is 5.26 Å². The van der Waals surface area contributed by atoms with Crippen LogP contribution in [-0.4, -0.2) is 24.4 Å². The Morgan fingerprint density at radius 2 is 1.86 bits per heavy atom. The Hall–Kier alpha value is -3.47. The van der Waals surface area contributed by atoms with Crippen molar-refractivity contribution >= 4 is 27.9 Å². The average molecular weight is 417 g/mol. The van der Waals surface area contributed by atoms with Gasteiger partial charge in [-0.1, -0.05) is 41.1 Å². The fourth-order valence-corrected chi connectivity index (χ4v) is 4.04. The van der Waals surface area contributed by atoms with Crippen LogP contribution in [0, 0.1) is 11.3 Å². The Balaban J connectivity index is 1.54. The van der Waals surface area contributed by atoms with Gasteiger partial charge in [-0.25, -0.2) is 9.67 Å². The van der Waals surface area contributed by atoms with Crippen molar-refractivity contribution in [1.82, 2.24) is 24.4 Å². The number of nitriles is 1. The summed E-state index contributed by atoms with van der Waals surface area (Å²) in [6.07, 6.45) is 3.90. The molecule has 0 unspecified atom stereocenters. The molecule has 3 heterocycles. The summed E-state index contributed by atoms with van der Waals surface area (Å²) in [5, 5.41) is 20.3. The van der Waals surface area contributed by atoms with E-state index in [-0.39, 0.29) is 0 Å². The second-order valence-corrected chi connectivity index (χ2v) is 7.79. The minimum Gasteiger partial charge on any atom is -0.288 e. The molecule has 0 aliphatic heterocycles. The molecule has 0 atom stereocenters. The Labute approximate surface area is 175 Å². The van der Waals surface area contributed by atoms with Gasteiger partial charge in [0.15, 0.2) is 4.96 Å². The van der Waals surface area contributed by atoms with Crippen LogP contribution in [0.2, 0.25) is 5.02 Å². The van der Waals surface area contributed by atoms with Gasteiger partial charge in [0.2, 0.25) is 0 Å². The highest BCUT2D eigenvalue weighted by Crippen LogP contribution is 2.33. The van der Waals surface area contributed by atoms with Gasteiger partial charge in [0, 0.05) is 22.2 Å². The molecule has 0 aliphatic rings. The van der Waals surface area contributed by atoms with E-state index in [1.165, 1.54) is 0 Å². The van der Waals surface area contributed by atoms with Gasteiger partial charge in [0.25, 0.3) is 0 Å². The first-order valence-electron chi connectivity index (χ1n) is 8.82. The third-order valence-corrected chi connectivity index (χ3v) is 5.60. The monoisotopic (exact) mass is 416 g/mol. The number of hydrogen-bond donors (Lipinski definition) is 0. The fraction of sp³-hybridized carbons (Fsp3) is 0.0476. The first-order valence-corrected chi connectivity index (χ1v) is 10.1. The SMILES string of the molecule is N#Cc1ccc(Cn2cc(-c3c(-c4ccc(Cl)cc4)nc4sccn34)nn2)cc1. The lowest BCUT2D eigenvalue weighted by Gasteiger charge is -2.02. The molecule has 0 amide bonds. The Morgan fingerprint density at radius 1 is 1.07 bits per heavy atom. The summed E-state index contributed by atoms with van der Waals surface area (Å²) in [5.74, 6) is 0. The maximum atomic E-state index is 8.94. The molecular weight excluding hydrogens is 404 g/mol. The third-order valence-electron chi connectivity index (χ3n) is 4.59. The number of hydrogen-bond acceptors (Lipinski definition) is 5. The summed E-state index contributed by atoms with van der Waals surface area (Å²) in [6, 6.07) is 17.2. The molecule has 5 aromatic rings. The lowest BCUT2D eigenvalue weighted by atomic mass is 10.1. The van der Waals surface area contributed by atoms with Crippen LogP contribution in [0.15, 0.2) is 66.3 Å². The molecule has 0 saturated carbocycles. The number of rotatable bonds is 4. The lowest BCUT2D eigenvalue weighted by molar-refractivity contribution is 0.650. The van der Waals surface area contributed by atoms with E-state index in [1.807, 2.05) is 58.6 Å². The van der Waals surface area contributed by atoms with Crippen LogP contribution in [-0.2, 0) is 6.54 Å².